The third-order valence-electron chi connectivity index (χ3n) is 3.70. The lowest BCUT2D eigenvalue weighted by atomic mass is 10.2. The van der Waals surface area contributed by atoms with Crippen molar-refractivity contribution >= 4 is 11.9 Å². The lowest BCUT2D eigenvalue weighted by Crippen LogP contribution is -2.20. The van der Waals surface area contributed by atoms with Crippen LogP contribution >= 0.6 is 0 Å². The Morgan fingerprint density at radius 1 is 0.955 bits per heavy atom. The number of benzene rings is 2. The molecular weight excluding hydrogens is 274 g/mol. The van der Waals surface area contributed by atoms with E-state index < -0.39 is 0 Å². The van der Waals surface area contributed by atoms with Crippen molar-refractivity contribution in [3.63, 3.8) is 0 Å². The van der Waals surface area contributed by atoms with E-state index in [0.29, 0.717) is 5.56 Å². The highest BCUT2D eigenvalue weighted by atomic mass is 16.1. The molecule has 0 aliphatic rings. The molecule has 4 heteroatoms. The van der Waals surface area contributed by atoms with Crippen LogP contribution in [0.2, 0.25) is 0 Å². The first-order chi connectivity index (χ1) is 10.7. The van der Waals surface area contributed by atoms with E-state index in [1.54, 1.807) is 10.9 Å². The summed E-state index contributed by atoms with van der Waals surface area (Å²) in [7, 11) is 1.88. The van der Waals surface area contributed by atoms with Gasteiger partial charge in [0, 0.05) is 19.0 Å². The van der Waals surface area contributed by atoms with Crippen molar-refractivity contribution in [3.05, 3.63) is 82.3 Å². The maximum atomic E-state index is 12.7. The predicted molar refractivity (Wildman–Crippen MR) is 89.4 cm³/mol. The lowest BCUT2D eigenvalue weighted by Gasteiger charge is -2.07. The number of hydrogen-bond acceptors (Lipinski definition) is 2. The molecule has 0 fully saturated rings. The minimum atomic E-state index is -0.0640. The zero-order valence-electron chi connectivity index (χ0n) is 12.6. The minimum absolute atomic E-state index is 0.0640. The number of rotatable bonds is 3. The Morgan fingerprint density at radius 3 is 2.18 bits per heavy atom. The van der Waals surface area contributed by atoms with Crippen LogP contribution < -0.4 is 5.56 Å². The molecule has 4 nitrogen and oxygen atoms in total. The molecule has 0 radical (unpaired) electrons. The molecule has 0 unspecified atom stereocenters. The molecule has 0 aliphatic carbocycles. The van der Waals surface area contributed by atoms with Crippen molar-refractivity contribution in [3.8, 4) is 5.69 Å². The van der Waals surface area contributed by atoms with Gasteiger partial charge in [-0.25, -0.2) is 4.68 Å². The van der Waals surface area contributed by atoms with Crippen LogP contribution in [-0.4, -0.2) is 15.6 Å². The van der Waals surface area contributed by atoms with Crippen LogP contribution in [0.5, 0.6) is 0 Å². The van der Waals surface area contributed by atoms with E-state index in [-0.39, 0.29) is 5.56 Å². The van der Waals surface area contributed by atoms with Crippen LogP contribution in [0.15, 0.2) is 70.5 Å². The molecular formula is C18H17N3O. The van der Waals surface area contributed by atoms with Crippen LogP contribution in [0.25, 0.3) is 5.69 Å². The van der Waals surface area contributed by atoms with Gasteiger partial charge < -0.3 is 0 Å². The zero-order valence-corrected chi connectivity index (χ0v) is 12.6. The Balaban J connectivity index is 2.08. The standard InChI is InChI=1S/C18H17N3O/c1-14-17(13-19-15-9-5-3-6-10-15)18(22)21(20(14)2)16-11-7-4-8-12-16/h3-13H,1-2H3. The number of para-hydroxylation sites is 2. The van der Waals surface area contributed by atoms with Crippen LogP contribution in [0, 0.1) is 6.92 Å². The third-order valence-corrected chi connectivity index (χ3v) is 3.70. The van der Waals surface area contributed by atoms with E-state index in [0.717, 1.165) is 17.1 Å². The van der Waals surface area contributed by atoms with Crippen LogP contribution in [-0.2, 0) is 7.05 Å². The first kappa shape index (κ1) is 14.1. The first-order valence-corrected chi connectivity index (χ1v) is 7.11. The molecule has 0 atom stereocenters. The number of hydrogen-bond donors (Lipinski definition) is 0. The lowest BCUT2D eigenvalue weighted by molar-refractivity contribution is 0.630. The highest BCUT2D eigenvalue weighted by molar-refractivity contribution is 5.83. The molecule has 110 valence electrons. The molecule has 0 N–H and O–H groups in total. The first-order valence-electron chi connectivity index (χ1n) is 7.11. The highest BCUT2D eigenvalue weighted by Crippen LogP contribution is 2.12. The molecule has 2 aromatic carbocycles. The summed E-state index contributed by atoms with van der Waals surface area (Å²) in [5, 5.41) is 0. The zero-order chi connectivity index (χ0) is 15.5. The van der Waals surface area contributed by atoms with Crippen molar-refractivity contribution in [1.82, 2.24) is 9.36 Å². The molecule has 0 amide bonds. The van der Waals surface area contributed by atoms with Gasteiger partial charge in [0.15, 0.2) is 0 Å². The third kappa shape index (κ3) is 2.51. The SMILES string of the molecule is Cc1c(C=Nc2ccccc2)c(=O)n(-c2ccccc2)n1C. The van der Waals surface area contributed by atoms with Crippen LogP contribution in [0.4, 0.5) is 5.69 Å². The fourth-order valence-corrected chi connectivity index (χ4v) is 2.39. The molecule has 0 bridgehead atoms. The Hall–Kier alpha value is -2.88. The van der Waals surface area contributed by atoms with Crippen LogP contribution in [0.1, 0.15) is 11.3 Å². The Morgan fingerprint density at radius 2 is 1.55 bits per heavy atom. The summed E-state index contributed by atoms with van der Waals surface area (Å²) in [6.45, 7) is 1.92. The maximum Gasteiger partial charge on any atom is 0.280 e. The largest absolute Gasteiger partial charge is 0.285 e. The quantitative estimate of drug-likeness (QED) is 0.683. The second-order valence-electron chi connectivity index (χ2n) is 5.07. The van der Waals surface area contributed by atoms with E-state index >= 15 is 0 Å². The van der Waals surface area contributed by atoms with Gasteiger partial charge in [0.25, 0.3) is 5.56 Å². The smallest absolute Gasteiger partial charge is 0.280 e. The molecule has 1 heterocycles. The summed E-state index contributed by atoms with van der Waals surface area (Å²) in [5.41, 5.74) is 3.10. The summed E-state index contributed by atoms with van der Waals surface area (Å²) in [5.74, 6) is 0. The summed E-state index contributed by atoms with van der Waals surface area (Å²) in [6.07, 6.45) is 1.65. The van der Waals surface area contributed by atoms with Gasteiger partial charge in [-0.15, -0.1) is 0 Å². The minimum Gasteiger partial charge on any atom is -0.285 e. The molecule has 0 aliphatic heterocycles. The van der Waals surface area contributed by atoms with Crippen molar-refractivity contribution < 1.29 is 0 Å². The van der Waals surface area contributed by atoms with E-state index in [1.165, 1.54) is 0 Å². The molecule has 0 saturated heterocycles. The number of nitrogens with zero attached hydrogens (tertiary/aromatic N) is 3. The van der Waals surface area contributed by atoms with Crippen molar-refractivity contribution in [1.29, 1.82) is 0 Å². The molecule has 1 aromatic heterocycles. The van der Waals surface area contributed by atoms with Crippen molar-refractivity contribution in [2.24, 2.45) is 12.0 Å². The average Bonchev–Trinajstić information content (AvgIpc) is 2.77. The Bertz CT molecular complexity index is 859. The fourth-order valence-electron chi connectivity index (χ4n) is 2.39. The summed E-state index contributed by atoms with van der Waals surface area (Å²) in [4.78, 5) is 17.1. The van der Waals surface area contributed by atoms with Gasteiger partial charge in [-0.3, -0.25) is 14.5 Å². The van der Waals surface area contributed by atoms with Gasteiger partial charge in [0.2, 0.25) is 0 Å². The maximum absolute atomic E-state index is 12.7. The normalized spacial score (nSPS) is 11.2. The van der Waals surface area contributed by atoms with Gasteiger partial charge in [-0.1, -0.05) is 36.4 Å². The second-order valence-corrected chi connectivity index (χ2v) is 5.07. The summed E-state index contributed by atoms with van der Waals surface area (Å²) >= 11 is 0. The molecule has 3 aromatic rings. The predicted octanol–water partition coefficient (Wildman–Crippen LogP) is 3.24. The second kappa shape index (κ2) is 5.85. The van der Waals surface area contributed by atoms with Crippen molar-refractivity contribution in [2.75, 3.05) is 0 Å². The number of aliphatic imine (C=N–C) groups is 1. The van der Waals surface area contributed by atoms with E-state index in [2.05, 4.69) is 4.99 Å². The average molecular weight is 291 g/mol. The van der Waals surface area contributed by atoms with Gasteiger partial charge in [0.05, 0.1) is 16.9 Å². The Kier molecular flexibility index (Phi) is 3.74. The summed E-state index contributed by atoms with van der Waals surface area (Å²) < 4.78 is 3.51. The number of aromatic nitrogens is 2. The van der Waals surface area contributed by atoms with Crippen LogP contribution in [0.3, 0.4) is 0 Å². The molecule has 0 saturated carbocycles. The highest BCUT2D eigenvalue weighted by Gasteiger charge is 2.14. The Labute approximate surface area is 129 Å². The van der Waals surface area contributed by atoms with Gasteiger partial charge >= 0.3 is 0 Å². The topological polar surface area (TPSA) is 39.3 Å². The van der Waals surface area contributed by atoms with Gasteiger partial charge in [-0.2, -0.15) is 0 Å². The summed E-state index contributed by atoms with van der Waals surface area (Å²) in [6, 6.07) is 19.2. The molecule has 0 spiro atoms. The van der Waals surface area contributed by atoms with Gasteiger partial charge in [0.1, 0.15) is 0 Å². The molecule has 3 rings (SSSR count). The van der Waals surface area contributed by atoms with E-state index in [1.807, 2.05) is 79.3 Å². The van der Waals surface area contributed by atoms with Gasteiger partial charge in [-0.05, 0) is 31.2 Å². The monoisotopic (exact) mass is 291 g/mol. The van der Waals surface area contributed by atoms with E-state index in [4.69, 9.17) is 0 Å². The van der Waals surface area contributed by atoms with E-state index in [9.17, 15) is 4.79 Å². The fraction of sp³-hybridized carbons (Fsp3) is 0.111. The van der Waals surface area contributed by atoms with Crippen molar-refractivity contribution in [2.45, 2.75) is 6.92 Å². The molecule has 22 heavy (non-hydrogen) atoms.